The van der Waals surface area contributed by atoms with E-state index in [-0.39, 0.29) is 0 Å². The first kappa shape index (κ1) is 10.8. The van der Waals surface area contributed by atoms with Crippen LogP contribution in [-0.4, -0.2) is 6.04 Å². The van der Waals surface area contributed by atoms with Gasteiger partial charge in [-0.25, -0.2) is 0 Å². The molecule has 0 radical (unpaired) electrons. The van der Waals surface area contributed by atoms with Crippen LogP contribution in [-0.2, 0) is 19.4 Å². The number of fused-ring (bicyclic) bond motifs is 1. The maximum absolute atomic E-state index is 3.72. The summed E-state index contributed by atoms with van der Waals surface area (Å²) in [7, 11) is 0. The van der Waals surface area contributed by atoms with Gasteiger partial charge < -0.3 is 5.32 Å². The van der Waals surface area contributed by atoms with Gasteiger partial charge in [-0.3, -0.25) is 0 Å². The van der Waals surface area contributed by atoms with Gasteiger partial charge in [0.15, 0.2) is 0 Å². The summed E-state index contributed by atoms with van der Waals surface area (Å²) >= 11 is 2.06. The molecule has 0 atom stereocenters. The highest BCUT2D eigenvalue weighted by Gasteiger charge is 2.16. The molecule has 1 heterocycles. The van der Waals surface area contributed by atoms with Crippen LogP contribution in [0.2, 0.25) is 0 Å². The van der Waals surface area contributed by atoms with Gasteiger partial charge in [-0.15, -0.1) is 11.3 Å². The van der Waals surface area contributed by atoms with Gasteiger partial charge in [-0.05, 0) is 50.2 Å². The standard InChI is InChI=1S/C14H21NS/c1-4-8-14-11(5-1)9-13(16-14)10-15-12-6-2-3-7-12/h9,12,15H,1-8,10H2. The highest BCUT2D eigenvalue weighted by Crippen LogP contribution is 2.30. The van der Waals surface area contributed by atoms with Crippen LogP contribution in [0.5, 0.6) is 0 Å². The second kappa shape index (κ2) is 4.89. The Morgan fingerprint density at radius 1 is 1.12 bits per heavy atom. The number of rotatable bonds is 3. The monoisotopic (exact) mass is 235 g/mol. The maximum Gasteiger partial charge on any atom is 0.0302 e. The van der Waals surface area contributed by atoms with E-state index in [1.807, 2.05) is 0 Å². The predicted octanol–water partition coefficient (Wildman–Crippen LogP) is 3.66. The molecule has 0 bridgehead atoms. The van der Waals surface area contributed by atoms with Gasteiger partial charge in [0.05, 0.1) is 0 Å². The third-order valence-electron chi connectivity index (χ3n) is 3.97. The molecule has 0 spiro atoms. The zero-order valence-corrected chi connectivity index (χ0v) is 10.7. The van der Waals surface area contributed by atoms with Gasteiger partial charge in [0, 0.05) is 22.3 Å². The molecule has 2 heteroatoms. The van der Waals surface area contributed by atoms with E-state index in [1.165, 1.54) is 51.4 Å². The van der Waals surface area contributed by atoms with Gasteiger partial charge in [-0.2, -0.15) is 0 Å². The molecular formula is C14H21NS. The molecule has 0 aliphatic heterocycles. The Labute approximate surface area is 102 Å². The minimum absolute atomic E-state index is 0.805. The summed E-state index contributed by atoms with van der Waals surface area (Å²) in [5, 5.41) is 3.72. The van der Waals surface area contributed by atoms with Crippen LogP contribution in [0.4, 0.5) is 0 Å². The molecule has 3 rings (SSSR count). The molecule has 1 N–H and O–H groups in total. The second-order valence-electron chi connectivity index (χ2n) is 5.23. The lowest BCUT2D eigenvalue weighted by atomic mass is 9.99. The molecule has 0 amide bonds. The lowest BCUT2D eigenvalue weighted by Gasteiger charge is -2.09. The van der Waals surface area contributed by atoms with Crippen LogP contribution in [0.15, 0.2) is 6.07 Å². The first-order valence-corrected chi connectivity index (χ1v) is 7.57. The topological polar surface area (TPSA) is 12.0 Å². The Hall–Kier alpha value is -0.340. The van der Waals surface area contributed by atoms with E-state index in [0.717, 1.165) is 12.6 Å². The summed E-state index contributed by atoms with van der Waals surface area (Å²) in [5.41, 5.74) is 1.65. The fourth-order valence-corrected chi connectivity index (χ4v) is 4.23. The van der Waals surface area contributed by atoms with Crippen molar-refractivity contribution < 1.29 is 0 Å². The Morgan fingerprint density at radius 3 is 2.75 bits per heavy atom. The van der Waals surface area contributed by atoms with Crippen molar-refractivity contribution in [2.24, 2.45) is 0 Å². The van der Waals surface area contributed by atoms with Gasteiger partial charge in [0.1, 0.15) is 0 Å². The van der Waals surface area contributed by atoms with Crippen molar-refractivity contribution in [3.8, 4) is 0 Å². The van der Waals surface area contributed by atoms with Crippen LogP contribution in [0, 0.1) is 0 Å². The number of nitrogens with one attached hydrogen (secondary N) is 1. The van der Waals surface area contributed by atoms with Crippen LogP contribution in [0.25, 0.3) is 0 Å². The first-order valence-electron chi connectivity index (χ1n) is 6.75. The average Bonchev–Trinajstić information content (AvgIpc) is 2.95. The predicted molar refractivity (Wildman–Crippen MR) is 70.1 cm³/mol. The average molecular weight is 235 g/mol. The van der Waals surface area contributed by atoms with Gasteiger partial charge in [-0.1, -0.05) is 12.8 Å². The van der Waals surface area contributed by atoms with Crippen LogP contribution in [0.1, 0.15) is 53.8 Å². The smallest absolute Gasteiger partial charge is 0.0302 e. The summed E-state index contributed by atoms with van der Waals surface area (Å²) in [5.74, 6) is 0. The van der Waals surface area contributed by atoms with Crippen molar-refractivity contribution in [2.75, 3.05) is 0 Å². The van der Waals surface area contributed by atoms with E-state index < -0.39 is 0 Å². The van der Waals surface area contributed by atoms with E-state index >= 15 is 0 Å². The number of thiophene rings is 1. The first-order chi connectivity index (χ1) is 7.92. The summed E-state index contributed by atoms with van der Waals surface area (Å²) in [6.07, 6.45) is 11.1. The van der Waals surface area contributed by atoms with Gasteiger partial charge >= 0.3 is 0 Å². The Bertz CT molecular complexity index is 326. The Kier molecular flexibility index (Phi) is 3.30. The lowest BCUT2D eigenvalue weighted by Crippen LogP contribution is -2.24. The molecule has 1 saturated carbocycles. The molecule has 0 aromatic carbocycles. The summed E-state index contributed by atoms with van der Waals surface area (Å²) in [4.78, 5) is 3.24. The van der Waals surface area contributed by atoms with Crippen molar-refractivity contribution >= 4 is 11.3 Å². The summed E-state index contributed by atoms with van der Waals surface area (Å²) < 4.78 is 0. The highest BCUT2D eigenvalue weighted by molar-refractivity contribution is 7.12. The number of hydrogen-bond acceptors (Lipinski definition) is 2. The molecule has 0 unspecified atom stereocenters. The fraction of sp³-hybridized carbons (Fsp3) is 0.714. The maximum atomic E-state index is 3.72. The van der Waals surface area contributed by atoms with Gasteiger partial charge in [0.2, 0.25) is 0 Å². The normalized spacial score (nSPS) is 21.2. The van der Waals surface area contributed by atoms with Crippen molar-refractivity contribution in [3.63, 3.8) is 0 Å². The van der Waals surface area contributed by atoms with E-state index in [0.29, 0.717) is 0 Å². The molecule has 2 aliphatic carbocycles. The third-order valence-corrected chi connectivity index (χ3v) is 5.20. The quantitative estimate of drug-likeness (QED) is 0.843. The molecule has 1 aromatic heterocycles. The van der Waals surface area contributed by atoms with E-state index in [1.54, 1.807) is 15.3 Å². The molecule has 1 fully saturated rings. The largest absolute Gasteiger partial charge is 0.309 e. The van der Waals surface area contributed by atoms with E-state index in [2.05, 4.69) is 22.7 Å². The Balaban J connectivity index is 1.59. The van der Waals surface area contributed by atoms with Crippen molar-refractivity contribution in [1.82, 2.24) is 5.32 Å². The molecule has 2 aliphatic rings. The third kappa shape index (κ3) is 2.33. The molecule has 1 aromatic rings. The number of hydrogen-bond donors (Lipinski definition) is 1. The fourth-order valence-electron chi connectivity index (χ4n) is 3.01. The zero-order chi connectivity index (χ0) is 10.8. The minimum Gasteiger partial charge on any atom is -0.309 e. The molecule has 16 heavy (non-hydrogen) atoms. The van der Waals surface area contributed by atoms with Crippen LogP contribution in [0.3, 0.4) is 0 Å². The number of aryl methyl sites for hydroxylation is 2. The zero-order valence-electron chi connectivity index (χ0n) is 9.93. The van der Waals surface area contributed by atoms with Crippen molar-refractivity contribution in [1.29, 1.82) is 0 Å². The molecule has 0 saturated heterocycles. The minimum atomic E-state index is 0.805. The van der Waals surface area contributed by atoms with E-state index in [4.69, 9.17) is 0 Å². The lowest BCUT2D eigenvalue weighted by molar-refractivity contribution is 0.527. The summed E-state index contributed by atoms with van der Waals surface area (Å²) in [6.45, 7) is 1.11. The molecule has 1 nitrogen and oxygen atoms in total. The Morgan fingerprint density at radius 2 is 1.94 bits per heavy atom. The van der Waals surface area contributed by atoms with Gasteiger partial charge in [0.25, 0.3) is 0 Å². The molecular weight excluding hydrogens is 214 g/mol. The SMILES string of the molecule is c1c(CNC2CCCC2)sc2c1CCCC2. The summed E-state index contributed by atoms with van der Waals surface area (Å²) in [6, 6.07) is 3.26. The van der Waals surface area contributed by atoms with E-state index in [9.17, 15) is 0 Å². The van der Waals surface area contributed by atoms with Crippen molar-refractivity contribution in [3.05, 3.63) is 21.4 Å². The van der Waals surface area contributed by atoms with Crippen LogP contribution < -0.4 is 5.32 Å². The molecule has 88 valence electrons. The highest BCUT2D eigenvalue weighted by atomic mass is 32.1. The van der Waals surface area contributed by atoms with Crippen molar-refractivity contribution in [2.45, 2.75) is 64.0 Å². The second-order valence-corrected chi connectivity index (χ2v) is 6.45. The van der Waals surface area contributed by atoms with Crippen LogP contribution >= 0.6 is 11.3 Å².